The number of nitrogens with zero attached hydrogens (tertiary/aromatic N) is 2. The van der Waals surface area contributed by atoms with Crippen molar-refractivity contribution >= 4 is 39.1 Å². The van der Waals surface area contributed by atoms with Crippen LogP contribution in [-0.4, -0.2) is 58.0 Å². The molecule has 1 aliphatic carbocycles. The number of carbonyl (C=O) groups is 2. The number of benzene rings is 4. The van der Waals surface area contributed by atoms with Gasteiger partial charge in [0.1, 0.15) is 12.6 Å². The lowest BCUT2D eigenvalue weighted by Gasteiger charge is -2.34. The van der Waals surface area contributed by atoms with Crippen molar-refractivity contribution in [2.45, 2.75) is 55.6 Å². The number of amides is 2. The molecule has 9 nitrogen and oxygen atoms in total. The third-order valence-corrected chi connectivity index (χ3v) is 10.5. The zero-order chi connectivity index (χ0) is 34.1. The number of halogens is 1. The molecule has 0 unspecified atom stereocenters. The van der Waals surface area contributed by atoms with E-state index in [-0.39, 0.29) is 35.6 Å². The molecule has 4 aromatic carbocycles. The van der Waals surface area contributed by atoms with E-state index < -0.39 is 28.5 Å². The Morgan fingerprint density at radius 2 is 1.46 bits per heavy atom. The van der Waals surface area contributed by atoms with Gasteiger partial charge in [-0.25, -0.2) is 8.42 Å². The zero-order valence-electron chi connectivity index (χ0n) is 27.0. The first-order chi connectivity index (χ1) is 23.2. The number of anilines is 1. The molecular weight excluding hydrogens is 650 g/mol. The van der Waals surface area contributed by atoms with Crippen molar-refractivity contribution in [2.24, 2.45) is 0 Å². The smallest absolute Gasteiger partial charge is 0.264 e. The average Bonchev–Trinajstić information content (AvgIpc) is 3.62. The van der Waals surface area contributed by atoms with Crippen LogP contribution >= 0.6 is 11.6 Å². The van der Waals surface area contributed by atoms with Crippen molar-refractivity contribution < 1.29 is 27.5 Å². The predicted octanol–water partition coefficient (Wildman–Crippen LogP) is 6.25. The third-order valence-electron chi connectivity index (χ3n) is 8.50. The maximum absolute atomic E-state index is 14.6. The fourth-order valence-electron chi connectivity index (χ4n) is 5.94. The lowest BCUT2D eigenvalue weighted by molar-refractivity contribution is -0.140. The average molecular weight is 690 g/mol. The fourth-order valence-corrected chi connectivity index (χ4v) is 7.49. The fraction of sp³-hybridized carbons (Fsp3) is 0.297. The number of ether oxygens (including phenoxy) is 2. The number of rotatable bonds is 14. The Hall–Kier alpha value is -4.54. The Morgan fingerprint density at radius 1 is 0.833 bits per heavy atom. The molecule has 1 N–H and O–H groups in total. The third kappa shape index (κ3) is 8.48. The van der Waals surface area contributed by atoms with Crippen molar-refractivity contribution in [2.75, 3.05) is 25.1 Å². The molecule has 1 atom stereocenters. The van der Waals surface area contributed by atoms with Crippen LogP contribution < -0.4 is 19.1 Å². The highest BCUT2D eigenvalue weighted by Crippen LogP contribution is 2.32. The minimum Gasteiger partial charge on any atom is -0.493 e. The number of carbonyl (C=O) groups excluding carboxylic acids is 2. The minimum atomic E-state index is -4.31. The molecule has 5 rings (SSSR count). The van der Waals surface area contributed by atoms with Crippen LogP contribution in [0.3, 0.4) is 0 Å². The molecule has 0 radical (unpaired) electrons. The van der Waals surface area contributed by atoms with Crippen molar-refractivity contribution in [1.82, 2.24) is 10.2 Å². The molecule has 11 heteroatoms. The lowest BCUT2D eigenvalue weighted by Crippen LogP contribution is -2.54. The summed E-state index contributed by atoms with van der Waals surface area (Å²) in [6.45, 7) is -0.499. The number of nitrogens with one attached hydrogen (secondary N) is 1. The molecule has 1 aliphatic rings. The molecule has 0 spiro atoms. The van der Waals surface area contributed by atoms with Gasteiger partial charge in [0, 0.05) is 30.1 Å². The topological polar surface area (TPSA) is 105 Å². The summed E-state index contributed by atoms with van der Waals surface area (Å²) in [7, 11) is -1.43. The number of hydrogen-bond donors (Lipinski definition) is 1. The van der Waals surface area contributed by atoms with Gasteiger partial charge in [0.05, 0.1) is 24.8 Å². The van der Waals surface area contributed by atoms with Gasteiger partial charge in [-0.05, 0) is 60.4 Å². The Balaban J connectivity index is 1.56. The first kappa shape index (κ1) is 34.8. The summed E-state index contributed by atoms with van der Waals surface area (Å²) in [5, 5.41) is 3.72. The van der Waals surface area contributed by atoms with E-state index in [0.29, 0.717) is 16.5 Å². The summed E-state index contributed by atoms with van der Waals surface area (Å²) in [5.74, 6) is -0.221. The van der Waals surface area contributed by atoms with Gasteiger partial charge < -0.3 is 19.7 Å². The van der Waals surface area contributed by atoms with Crippen LogP contribution in [0.25, 0.3) is 0 Å². The Bertz CT molecular complexity index is 1780. The van der Waals surface area contributed by atoms with Crippen molar-refractivity contribution in [3.63, 3.8) is 0 Å². The van der Waals surface area contributed by atoms with E-state index in [1.807, 2.05) is 30.3 Å². The molecule has 0 aliphatic heterocycles. The van der Waals surface area contributed by atoms with Gasteiger partial charge in [-0.3, -0.25) is 13.9 Å². The Morgan fingerprint density at radius 3 is 2.08 bits per heavy atom. The molecule has 4 aromatic rings. The maximum atomic E-state index is 14.6. The molecule has 1 fully saturated rings. The van der Waals surface area contributed by atoms with Crippen molar-refractivity contribution in [3.05, 3.63) is 119 Å². The summed E-state index contributed by atoms with van der Waals surface area (Å²) >= 11 is 6.18. The second kappa shape index (κ2) is 16.0. The monoisotopic (exact) mass is 689 g/mol. The number of sulfonamides is 1. The highest BCUT2D eigenvalue weighted by Gasteiger charge is 2.35. The maximum Gasteiger partial charge on any atom is 0.264 e. The first-order valence-electron chi connectivity index (χ1n) is 15.9. The van der Waals surface area contributed by atoms with Gasteiger partial charge in [0.25, 0.3) is 10.0 Å². The lowest BCUT2D eigenvalue weighted by atomic mass is 10.0. The van der Waals surface area contributed by atoms with Gasteiger partial charge >= 0.3 is 0 Å². The van der Waals surface area contributed by atoms with Gasteiger partial charge in [-0.2, -0.15) is 0 Å². The van der Waals surface area contributed by atoms with E-state index in [2.05, 4.69) is 5.32 Å². The van der Waals surface area contributed by atoms with Crippen LogP contribution in [0, 0.1) is 0 Å². The molecule has 0 bridgehead atoms. The Labute approximate surface area is 287 Å². The van der Waals surface area contributed by atoms with Gasteiger partial charge in [0.2, 0.25) is 11.8 Å². The standard InChI is InChI=1S/C37H40ClN3O6S/c1-46-34-22-21-32(24-35(34)47-2)48(44,45)41(31-15-7-4-8-16-31)26-36(42)40(25-28-17-19-29(38)20-18-28)33(23-27-11-5-3-6-12-27)37(43)39-30-13-9-10-14-30/h3-8,11-12,15-22,24,30,33H,9-10,13-14,23,25-26H2,1-2H3,(H,39,43)/t33-/m1/s1. The first-order valence-corrected chi connectivity index (χ1v) is 17.7. The summed E-state index contributed by atoms with van der Waals surface area (Å²) in [6, 6.07) is 28.4. The second-order valence-corrected chi connectivity index (χ2v) is 14.0. The highest BCUT2D eigenvalue weighted by molar-refractivity contribution is 7.92. The normalized spacial score (nSPS) is 13.8. The van der Waals surface area contributed by atoms with Crippen LogP contribution in [-0.2, 0) is 32.6 Å². The van der Waals surface area contributed by atoms with Gasteiger partial charge in [0.15, 0.2) is 11.5 Å². The van der Waals surface area contributed by atoms with Crippen LogP contribution in [0.1, 0.15) is 36.8 Å². The summed E-state index contributed by atoms with van der Waals surface area (Å²) in [4.78, 5) is 30.2. The zero-order valence-corrected chi connectivity index (χ0v) is 28.6. The second-order valence-electron chi connectivity index (χ2n) is 11.7. The minimum absolute atomic E-state index is 0.0227. The van der Waals surface area contributed by atoms with Gasteiger partial charge in [-0.15, -0.1) is 0 Å². The molecule has 48 heavy (non-hydrogen) atoms. The van der Waals surface area contributed by atoms with E-state index in [1.54, 1.807) is 54.6 Å². The van der Waals surface area contributed by atoms with Crippen LogP contribution in [0.4, 0.5) is 5.69 Å². The number of methoxy groups -OCH3 is 2. The van der Waals surface area contributed by atoms with E-state index in [1.165, 1.54) is 37.3 Å². The van der Waals surface area contributed by atoms with E-state index >= 15 is 0 Å². The largest absolute Gasteiger partial charge is 0.493 e. The molecule has 2 amide bonds. The predicted molar refractivity (Wildman–Crippen MR) is 187 cm³/mol. The summed E-state index contributed by atoms with van der Waals surface area (Å²) in [5.41, 5.74) is 1.91. The van der Waals surface area contributed by atoms with Crippen LogP contribution in [0.2, 0.25) is 5.02 Å². The van der Waals surface area contributed by atoms with E-state index in [9.17, 15) is 18.0 Å². The number of para-hydroxylation sites is 1. The molecule has 0 aromatic heterocycles. The van der Waals surface area contributed by atoms with E-state index in [4.69, 9.17) is 21.1 Å². The Kier molecular flexibility index (Phi) is 11.6. The van der Waals surface area contributed by atoms with Crippen molar-refractivity contribution in [1.29, 1.82) is 0 Å². The quantitative estimate of drug-likeness (QED) is 0.168. The van der Waals surface area contributed by atoms with E-state index in [0.717, 1.165) is 41.1 Å². The summed E-state index contributed by atoms with van der Waals surface area (Å²) in [6.07, 6.45) is 4.05. The number of hydrogen-bond acceptors (Lipinski definition) is 6. The van der Waals surface area contributed by atoms with Crippen molar-refractivity contribution in [3.8, 4) is 11.5 Å². The SMILES string of the molecule is COc1ccc(S(=O)(=O)N(CC(=O)N(Cc2ccc(Cl)cc2)[C@H](Cc2ccccc2)C(=O)NC2CCCC2)c2ccccc2)cc1OC. The molecular formula is C37H40ClN3O6S. The highest BCUT2D eigenvalue weighted by atomic mass is 35.5. The molecule has 0 saturated heterocycles. The summed E-state index contributed by atoms with van der Waals surface area (Å²) < 4.78 is 40.5. The van der Waals surface area contributed by atoms with Gasteiger partial charge in [-0.1, -0.05) is 85.1 Å². The van der Waals surface area contributed by atoms with Crippen LogP contribution in [0.15, 0.2) is 108 Å². The molecule has 1 saturated carbocycles. The van der Waals surface area contributed by atoms with Crippen LogP contribution in [0.5, 0.6) is 11.5 Å². The molecule has 252 valence electrons. The molecule has 0 heterocycles.